The first kappa shape index (κ1) is 15.4. The van der Waals surface area contributed by atoms with Gasteiger partial charge in [0.15, 0.2) is 17.4 Å². The van der Waals surface area contributed by atoms with Crippen LogP contribution in [-0.2, 0) is 19.6 Å². The summed E-state index contributed by atoms with van der Waals surface area (Å²) in [6.07, 6.45) is 0.427. The minimum absolute atomic E-state index is 0.0682. The lowest BCUT2D eigenvalue weighted by Crippen LogP contribution is -2.08. The van der Waals surface area contributed by atoms with Crippen molar-refractivity contribution in [2.45, 2.75) is 33.4 Å². The van der Waals surface area contributed by atoms with E-state index in [4.69, 9.17) is 10.5 Å². The predicted octanol–water partition coefficient (Wildman–Crippen LogP) is 2.57. The van der Waals surface area contributed by atoms with Crippen LogP contribution in [0.3, 0.4) is 0 Å². The summed E-state index contributed by atoms with van der Waals surface area (Å²) in [5.41, 5.74) is 7.52. The van der Waals surface area contributed by atoms with Crippen molar-refractivity contribution < 1.29 is 13.5 Å². The van der Waals surface area contributed by atoms with Crippen LogP contribution in [0.15, 0.2) is 18.2 Å². The highest BCUT2D eigenvalue weighted by Crippen LogP contribution is 2.24. The molecule has 0 unspecified atom stereocenters. The smallest absolute Gasteiger partial charge is 0.191 e. The van der Waals surface area contributed by atoms with E-state index < -0.39 is 11.6 Å². The predicted molar refractivity (Wildman–Crippen MR) is 76.1 cm³/mol. The number of hydrogen-bond donors (Lipinski definition) is 1. The van der Waals surface area contributed by atoms with E-state index in [1.165, 1.54) is 12.1 Å². The first-order valence-corrected chi connectivity index (χ1v) is 6.89. The van der Waals surface area contributed by atoms with Gasteiger partial charge in [0.05, 0.1) is 11.4 Å². The molecular weight excluding hydrogens is 276 g/mol. The normalized spacial score (nSPS) is 10.9. The zero-order valence-corrected chi connectivity index (χ0v) is 12.2. The van der Waals surface area contributed by atoms with E-state index in [0.29, 0.717) is 25.1 Å². The average Bonchev–Trinajstić information content (AvgIpc) is 2.78. The van der Waals surface area contributed by atoms with E-state index in [1.54, 1.807) is 4.68 Å². The quantitative estimate of drug-likeness (QED) is 0.891. The Balaban J connectivity index is 2.16. The Labute approximate surface area is 122 Å². The summed E-state index contributed by atoms with van der Waals surface area (Å²) < 4.78 is 34.8. The number of halogens is 2. The molecule has 0 atom stereocenters. The Morgan fingerprint density at radius 3 is 2.48 bits per heavy atom. The fourth-order valence-electron chi connectivity index (χ4n) is 2.20. The van der Waals surface area contributed by atoms with Crippen molar-refractivity contribution in [3.63, 3.8) is 0 Å². The molecule has 0 saturated carbocycles. The number of benzene rings is 1. The maximum absolute atomic E-state index is 13.9. The summed E-state index contributed by atoms with van der Waals surface area (Å²) >= 11 is 0. The molecule has 0 spiro atoms. The van der Waals surface area contributed by atoms with Gasteiger partial charge in [-0.1, -0.05) is 0 Å². The Morgan fingerprint density at radius 1 is 1.24 bits per heavy atom. The number of aryl methyl sites for hydroxylation is 2. The third kappa shape index (κ3) is 3.58. The maximum Gasteiger partial charge on any atom is 0.191 e. The van der Waals surface area contributed by atoms with E-state index >= 15 is 0 Å². The lowest BCUT2D eigenvalue weighted by atomic mass is 10.1. The highest BCUT2D eigenvalue weighted by molar-refractivity contribution is 5.31. The molecule has 2 aromatic rings. The van der Waals surface area contributed by atoms with Gasteiger partial charge in [-0.15, -0.1) is 0 Å². The first-order chi connectivity index (χ1) is 10.0. The highest BCUT2D eigenvalue weighted by atomic mass is 19.1. The van der Waals surface area contributed by atoms with Gasteiger partial charge in [0.2, 0.25) is 0 Å². The van der Waals surface area contributed by atoms with Gasteiger partial charge in [0, 0.05) is 6.54 Å². The number of nitrogens with two attached hydrogens (primary N) is 1. The van der Waals surface area contributed by atoms with Crippen molar-refractivity contribution in [2.75, 3.05) is 6.54 Å². The van der Waals surface area contributed by atoms with Crippen LogP contribution in [0.2, 0.25) is 0 Å². The number of ether oxygens (including phenoxy) is 1. The molecule has 1 aromatic heterocycles. The minimum Gasteiger partial charge on any atom is -0.481 e. The lowest BCUT2D eigenvalue weighted by molar-refractivity contribution is 0.263. The summed E-state index contributed by atoms with van der Waals surface area (Å²) in [6.45, 7) is 4.89. The standard InChI is InChI=1S/C15H19F2N3O/c1-3-20-12(6-10(2)19-20)9-21-15-13(16)7-11(4-5-18)8-14(15)17/h6-8H,3-5,9,18H2,1-2H3. The molecule has 0 aliphatic heterocycles. The molecule has 1 heterocycles. The molecule has 21 heavy (non-hydrogen) atoms. The number of nitrogens with zero attached hydrogens (tertiary/aromatic N) is 2. The Kier molecular flexibility index (Phi) is 4.90. The fraction of sp³-hybridized carbons (Fsp3) is 0.400. The van der Waals surface area contributed by atoms with Gasteiger partial charge in [-0.25, -0.2) is 8.78 Å². The topological polar surface area (TPSA) is 53.1 Å². The van der Waals surface area contributed by atoms with Gasteiger partial charge < -0.3 is 10.5 Å². The molecule has 2 N–H and O–H groups in total. The van der Waals surface area contributed by atoms with Gasteiger partial charge in [-0.3, -0.25) is 4.68 Å². The molecule has 0 fully saturated rings. The summed E-state index contributed by atoms with van der Waals surface area (Å²) in [7, 11) is 0. The average molecular weight is 295 g/mol. The first-order valence-electron chi connectivity index (χ1n) is 6.89. The SMILES string of the molecule is CCn1nc(C)cc1COc1c(F)cc(CCN)cc1F. The zero-order chi connectivity index (χ0) is 15.4. The molecule has 4 nitrogen and oxygen atoms in total. The van der Waals surface area contributed by atoms with Gasteiger partial charge >= 0.3 is 0 Å². The van der Waals surface area contributed by atoms with Crippen LogP contribution < -0.4 is 10.5 Å². The van der Waals surface area contributed by atoms with Gasteiger partial charge in [-0.2, -0.15) is 5.10 Å². The molecule has 0 bridgehead atoms. The number of hydrogen-bond acceptors (Lipinski definition) is 3. The van der Waals surface area contributed by atoms with Crippen LogP contribution in [0.1, 0.15) is 23.9 Å². The van der Waals surface area contributed by atoms with Crippen LogP contribution in [0.4, 0.5) is 8.78 Å². The molecule has 0 radical (unpaired) electrons. The number of aromatic nitrogens is 2. The van der Waals surface area contributed by atoms with Crippen LogP contribution >= 0.6 is 0 Å². The van der Waals surface area contributed by atoms with Gasteiger partial charge in [0.25, 0.3) is 0 Å². The summed E-state index contributed by atoms with van der Waals surface area (Å²) in [5, 5.41) is 4.26. The van der Waals surface area contributed by atoms with Crippen molar-refractivity contribution >= 4 is 0 Å². The Morgan fingerprint density at radius 2 is 1.90 bits per heavy atom. The van der Waals surface area contributed by atoms with Crippen LogP contribution in [0.25, 0.3) is 0 Å². The minimum atomic E-state index is -0.710. The lowest BCUT2D eigenvalue weighted by Gasteiger charge is -2.10. The second-order valence-corrected chi connectivity index (χ2v) is 4.81. The summed E-state index contributed by atoms with van der Waals surface area (Å²) in [4.78, 5) is 0. The van der Waals surface area contributed by atoms with Crippen molar-refractivity contribution in [1.29, 1.82) is 0 Å². The van der Waals surface area contributed by atoms with Crippen molar-refractivity contribution in [2.24, 2.45) is 5.73 Å². The third-order valence-corrected chi connectivity index (χ3v) is 3.14. The van der Waals surface area contributed by atoms with E-state index in [-0.39, 0.29) is 12.4 Å². The summed E-state index contributed by atoms with van der Waals surface area (Å²) in [6, 6.07) is 4.35. The fourth-order valence-corrected chi connectivity index (χ4v) is 2.20. The molecule has 0 saturated heterocycles. The van der Waals surface area contributed by atoms with Crippen LogP contribution in [0.5, 0.6) is 5.75 Å². The Hall–Kier alpha value is -1.95. The molecule has 114 valence electrons. The molecular formula is C15H19F2N3O. The van der Waals surface area contributed by atoms with E-state index in [1.807, 2.05) is 19.9 Å². The van der Waals surface area contributed by atoms with E-state index in [2.05, 4.69) is 5.10 Å². The molecule has 0 amide bonds. The van der Waals surface area contributed by atoms with E-state index in [0.717, 1.165) is 11.4 Å². The molecule has 0 aliphatic rings. The van der Waals surface area contributed by atoms with Crippen molar-refractivity contribution in [1.82, 2.24) is 9.78 Å². The maximum atomic E-state index is 13.9. The van der Waals surface area contributed by atoms with Gasteiger partial charge in [0.1, 0.15) is 6.61 Å². The van der Waals surface area contributed by atoms with Crippen molar-refractivity contribution in [3.05, 3.63) is 46.8 Å². The van der Waals surface area contributed by atoms with Crippen LogP contribution in [-0.4, -0.2) is 16.3 Å². The van der Waals surface area contributed by atoms with Crippen LogP contribution in [0, 0.1) is 18.6 Å². The number of rotatable bonds is 6. The summed E-state index contributed by atoms with van der Waals surface area (Å²) in [5.74, 6) is -1.78. The second kappa shape index (κ2) is 6.67. The largest absolute Gasteiger partial charge is 0.481 e. The highest BCUT2D eigenvalue weighted by Gasteiger charge is 2.14. The second-order valence-electron chi connectivity index (χ2n) is 4.81. The monoisotopic (exact) mass is 295 g/mol. The zero-order valence-electron chi connectivity index (χ0n) is 12.2. The van der Waals surface area contributed by atoms with E-state index in [9.17, 15) is 8.78 Å². The molecule has 1 aromatic carbocycles. The third-order valence-electron chi connectivity index (χ3n) is 3.14. The molecule has 6 heteroatoms. The van der Waals surface area contributed by atoms with Crippen molar-refractivity contribution in [3.8, 4) is 5.75 Å². The van der Waals surface area contributed by atoms with Gasteiger partial charge in [-0.05, 0) is 50.6 Å². The Bertz CT molecular complexity index is 602. The molecule has 0 aliphatic carbocycles. The molecule has 2 rings (SSSR count).